The Balaban J connectivity index is 1.50. The highest BCUT2D eigenvalue weighted by molar-refractivity contribution is 7.89. The second-order valence-corrected chi connectivity index (χ2v) is 8.66. The lowest BCUT2D eigenvalue weighted by Crippen LogP contribution is -2.32. The fourth-order valence-electron chi connectivity index (χ4n) is 3.19. The van der Waals surface area contributed by atoms with Gasteiger partial charge >= 0.3 is 0 Å². The van der Waals surface area contributed by atoms with Gasteiger partial charge in [-0.05, 0) is 54.8 Å². The van der Waals surface area contributed by atoms with Gasteiger partial charge in [-0.2, -0.15) is 5.26 Å². The summed E-state index contributed by atoms with van der Waals surface area (Å²) in [6.07, 6.45) is 4.16. The molecule has 0 aliphatic heterocycles. The van der Waals surface area contributed by atoms with Crippen molar-refractivity contribution in [2.45, 2.75) is 43.0 Å². The van der Waals surface area contributed by atoms with Gasteiger partial charge in [-0.15, -0.1) is 0 Å². The number of nitriles is 1. The Bertz CT molecular complexity index is 974. The number of sulfonamides is 1. The summed E-state index contributed by atoms with van der Waals surface area (Å²) in [4.78, 5) is 12.2. The first-order valence-corrected chi connectivity index (χ1v) is 11.0. The molecule has 7 nitrogen and oxygen atoms in total. The lowest BCUT2D eigenvalue weighted by atomic mass is 10.1. The summed E-state index contributed by atoms with van der Waals surface area (Å²) in [6.45, 7) is -0.202. The molecule has 152 valence electrons. The molecule has 1 amide bonds. The van der Waals surface area contributed by atoms with Crippen LogP contribution >= 0.6 is 0 Å². The highest BCUT2D eigenvalue weighted by atomic mass is 32.2. The van der Waals surface area contributed by atoms with Crippen LogP contribution in [0.3, 0.4) is 0 Å². The molecular formula is C21H23N3O4S. The molecule has 1 aliphatic rings. The third-order valence-electron chi connectivity index (χ3n) is 4.70. The van der Waals surface area contributed by atoms with Gasteiger partial charge in [0.2, 0.25) is 10.0 Å². The Hall–Kier alpha value is -2.89. The Kier molecular flexibility index (Phi) is 6.86. The predicted octanol–water partition coefficient (Wildman–Crippen LogP) is 2.99. The van der Waals surface area contributed by atoms with Crippen LogP contribution in [0.2, 0.25) is 0 Å². The van der Waals surface area contributed by atoms with Gasteiger partial charge in [-0.3, -0.25) is 4.79 Å². The van der Waals surface area contributed by atoms with Crippen LogP contribution in [0, 0.1) is 11.3 Å². The van der Waals surface area contributed by atoms with Crippen LogP contribution in [0.1, 0.15) is 31.2 Å². The summed E-state index contributed by atoms with van der Waals surface area (Å²) in [5.41, 5.74) is 1.49. The first-order chi connectivity index (χ1) is 14.0. The van der Waals surface area contributed by atoms with Gasteiger partial charge < -0.3 is 10.1 Å². The van der Waals surface area contributed by atoms with Crippen molar-refractivity contribution < 1.29 is 17.9 Å². The number of benzene rings is 2. The zero-order valence-electron chi connectivity index (χ0n) is 15.9. The monoisotopic (exact) mass is 413 g/mol. The van der Waals surface area contributed by atoms with E-state index in [2.05, 4.69) is 16.1 Å². The van der Waals surface area contributed by atoms with Crippen molar-refractivity contribution in [2.75, 3.05) is 11.9 Å². The van der Waals surface area contributed by atoms with E-state index in [0.717, 1.165) is 31.2 Å². The van der Waals surface area contributed by atoms with Crippen LogP contribution in [0.25, 0.3) is 0 Å². The Morgan fingerprint density at radius 3 is 2.34 bits per heavy atom. The smallest absolute Gasteiger partial charge is 0.262 e. The van der Waals surface area contributed by atoms with Crippen molar-refractivity contribution in [3.8, 4) is 11.8 Å². The average Bonchev–Trinajstić information content (AvgIpc) is 3.21. The molecule has 1 fully saturated rings. The molecule has 0 atom stereocenters. The van der Waals surface area contributed by atoms with Gasteiger partial charge in [-0.25, -0.2) is 13.1 Å². The third-order valence-corrected chi connectivity index (χ3v) is 6.24. The second-order valence-electron chi connectivity index (χ2n) is 6.94. The number of rotatable bonds is 8. The van der Waals surface area contributed by atoms with Crippen LogP contribution in [0.5, 0.6) is 5.75 Å². The van der Waals surface area contributed by atoms with Crippen LogP contribution < -0.4 is 14.8 Å². The van der Waals surface area contributed by atoms with E-state index in [1.54, 1.807) is 24.3 Å². The molecule has 1 aliphatic carbocycles. The summed E-state index contributed by atoms with van der Waals surface area (Å²) in [7, 11) is -3.55. The highest BCUT2D eigenvalue weighted by Gasteiger charge is 2.22. The van der Waals surface area contributed by atoms with Gasteiger partial charge in [0.25, 0.3) is 5.91 Å². The van der Waals surface area contributed by atoms with Gasteiger partial charge in [0.05, 0.1) is 17.4 Å². The zero-order chi connectivity index (χ0) is 20.7. The van der Waals surface area contributed by atoms with E-state index >= 15 is 0 Å². The van der Waals surface area contributed by atoms with E-state index in [-0.39, 0.29) is 23.5 Å². The first kappa shape index (κ1) is 20.8. The number of nitrogens with one attached hydrogen (secondary N) is 2. The minimum absolute atomic E-state index is 0.00795. The van der Waals surface area contributed by atoms with Crippen LogP contribution in [-0.4, -0.2) is 27.0 Å². The summed E-state index contributed by atoms with van der Waals surface area (Å²) in [6, 6.07) is 15.1. The largest absolute Gasteiger partial charge is 0.484 e. The van der Waals surface area contributed by atoms with Crippen molar-refractivity contribution in [1.82, 2.24) is 4.72 Å². The van der Waals surface area contributed by atoms with Gasteiger partial charge in [-0.1, -0.05) is 25.0 Å². The SMILES string of the molecule is N#CCc1ccc(NC(=O)COc2ccc(S(=O)(=O)NC3CCCC3)cc2)cc1. The number of nitrogens with zero attached hydrogens (tertiary/aromatic N) is 1. The molecule has 2 N–H and O–H groups in total. The molecule has 8 heteroatoms. The number of amides is 1. The Morgan fingerprint density at radius 2 is 1.72 bits per heavy atom. The van der Waals surface area contributed by atoms with Gasteiger partial charge in [0.1, 0.15) is 5.75 Å². The van der Waals surface area contributed by atoms with Crippen LogP contribution in [0.15, 0.2) is 53.4 Å². The van der Waals surface area contributed by atoms with E-state index in [1.165, 1.54) is 24.3 Å². The summed E-state index contributed by atoms with van der Waals surface area (Å²) < 4.78 is 33.0. The number of ether oxygens (including phenoxy) is 1. The van der Waals surface area contributed by atoms with Gasteiger partial charge in [0.15, 0.2) is 6.61 Å². The number of anilines is 1. The van der Waals surface area contributed by atoms with Crippen LogP contribution in [0.4, 0.5) is 5.69 Å². The van der Waals surface area contributed by atoms with Gasteiger partial charge in [0, 0.05) is 11.7 Å². The fraction of sp³-hybridized carbons (Fsp3) is 0.333. The van der Waals surface area contributed by atoms with Crippen molar-refractivity contribution in [3.63, 3.8) is 0 Å². The predicted molar refractivity (Wildman–Crippen MR) is 109 cm³/mol. The summed E-state index contributed by atoms with van der Waals surface area (Å²) in [5.74, 6) is 0.0713. The Labute approximate surface area is 170 Å². The molecular weight excluding hydrogens is 390 g/mol. The molecule has 0 saturated heterocycles. The summed E-state index contributed by atoms with van der Waals surface area (Å²) in [5, 5.41) is 11.4. The third kappa shape index (κ3) is 6.04. The molecule has 29 heavy (non-hydrogen) atoms. The molecule has 2 aromatic rings. The molecule has 3 rings (SSSR count). The number of carbonyl (C=O) groups is 1. The van der Waals surface area contributed by atoms with E-state index < -0.39 is 10.0 Å². The molecule has 2 aromatic carbocycles. The molecule has 1 saturated carbocycles. The first-order valence-electron chi connectivity index (χ1n) is 9.47. The number of hydrogen-bond donors (Lipinski definition) is 2. The lowest BCUT2D eigenvalue weighted by Gasteiger charge is -2.13. The molecule has 0 spiro atoms. The standard InChI is InChI=1S/C21H23N3O4S/c22-14-13-16-5-7-17(8-6-16)23-21(25)15-28-19-9-11-20(12-10-19)29(26,27)24-18-3-1-2-4-18/h5-12,18,24H,1-4,13,15H2,(H,23,25). The minimum Gasteiger partial charge on any atom is -0.484 e. The normalized spacial score (nSPS) is 14.3. The highest BCUT2D eigenvalue weighted by Crippen LogP contribution is 2.21. The average molecular weight is 413 g/mol. The fourth-order valence-corrected chi connectivity index (χ4v) is 4.49. The second kappa shape index (κ2) is 9.54. The van der Waals surface area contributed by atoms with E-state index in [9.17, 15) is 13.2 Å². The molecule has 0 heterocycles. The molecule has 0 bridgehead atoms. The van der Waals surface area contributed by atoms with E-state index in [1.807, 2.05) is 0 Å². The molecule has 0 aromatic heterocycles. The molecule has 0 unspecified atom stereocenters. The number of hydrogen-bond acceptors (Lipinski definition) is 5. The van der Waals surface area contributed by atoms with Crippen molar-refractivity contribution in [1.29, 1.82) is 5.26 Å². The topological polar surface area (TPSA) is 108 Å². The maximum Gasteiger partial charge on any atom is 0.262 e. The molecule has 0 radical (unpaired) electrons. The van der Waals surface area contributed by atoms with Crippen molar-refractivity contribution in [2.24, 2.45) is 0 Å². The van der Waals surface area contributed by atoms with Crippen LogP contribution in [-0.2, 0) is 21.2 Å². The van der Waals surface area contributed by atoms with E-state index in [0.29, 0.717) is 17.9 Å². The lowest BCUT2D eigenvalue weighted by molar-refractivity contribution is -0.118. The quantitative estimate of drug-likeness (QED) is 0.692. The number of carbonyl (C=O) groups excluding carboxylic acids is 1. The zero-order valence-corrected chi connectivity index (χ0v) is 16.7. The maximum absolute atomic E-state index is 12.4. The minimum atomic E-state index is -3.55. The maximum atomic E-state index is 12.4. The Morgan fingerprint density at radius 1 is 1.07 bits per heavy atom. The summed E-state index contributed by atoms with van der Waals surface area (Å²) >= 11 is 0. The van der Waals surface area contributed by atoms with Crippen molar-refractivity contribution >= 4 is 21.6 Å². The van der Waals surface area contributed by atoms with Crippen molar-refractivity contribution in [3.05, 3.63) is 54.1 Å². The van der Waals surface area contributed by atoms with E-state index in [4.69, 9.17) is 10.00 Å².